The van der Waals surface area contributed by atoms with Crippen LogP contribution in [0.4, 0.5) is 0 Å². The first-order valence-corrected chi connectivity index (χ1v) is 20.4. The third-order valence-corrected chi connectivity index (χ3v) is 11.8. The number of aliphatic hydroxyl groups is 3. The van der Waals surface area contributed by atoms with Crippen LogP contribution in [0.15, 0.2) is 34.7 Å². The van der Waals surface area contributed by atoms with Crippen molar-refractivity contribution in [2.24, 2.45) is 23.5 Å². The maximum atomic E-state index is 11.2. The molecule has 1 fully saturated rings. The summed E-state index contributed by atoms with van der Waals surface area (Å²) in [5.41, 5.74) is 11.0. The number of unbranched alkanes of at least 4 members (excludes halogenated alkanes) is 3. The zero-order valence-electron chi connectivity index (χ0n) is 31.9. The number of aromatic hydroxyl groups is 1. The van der Waals surface area contributed by atoms with Crippen molar-refractivity contribution in [1.29, 1.82) is 0 Å². The van der Waals surface area contributed by atoms with Gasteiger partial charge in [0.25, 0.3) is 0 Å². The molecule has 2 aliphatic carbocycles. The van der Waals surface area contributed by atoms with Crippen molar-refractivity contribution in [1.82, 2.24) is 10.3 Å². The number of ether oxygens (including phenoxy) is 1. The van der Waals surface area contributed by atoms with Gasteiger partial charge < -0.3 is 45.6 Å². The molecule has 52 heavy (non-hydrogen) atoms. The quantitative estimate of drug-likeness (QED) is 0.0500. The maximum absolute atomic E-state index is 11.2. The smallest absolute Gasteiger partial charge is 0.161 e. The number of aromatic nitrogens is 1. The molecule has 8 N–H and O–H groups in total. The van der Waals surface area contributed by atoms with Gasteiger partial charge in [-0.1, -0.05) is 64.4 Å². The van der Waals surface area contributed by atoms with Crippen molar-refractivity contribution < 1.29 is 29.6 Å². The molecule has 9 nitrogen and oxygen atoms in total. The van der Waals surface area contributed by atoms with Crippen LogP contribution < -0.4 is 15.8 Å². The Morgan fingerprint density at radius 3 is 2.60 bits per heavy atom. The van der Waals surface area contributed by atoms with Crippen LogP contribution in [0.5, 0.6) is 11.5 Å². The highest BCUT2D eigenvalue weighted by atomic mass is 16.5. The van der Waals surface area contributed by atoms with Gasteiger partial charge in [0.15, 0.2) is 11.5 Å². The van der Waals surface area contributed by atoms with Crippen molar-refractivity contribution >= 4 is 0 Å². The van der Waals surface area contributed by atoms with Crippen LogP contribution in [0.3, 0.4) is 0 Å². The largest absolute Gasteiger partial charge is 0.504 e. The molecule has 3 aromatic rings. The molecule has 2 aromatic heterocycles. The van der Waals surface area contributed by atoms with E-state index in [1.54, 1.807) is 6.07 Å². The molecule has 0 bridgehead atoms. The molecule has 0 amide bonds. The molecule has 2 aliphatic rings. The summed E-state index contributed by atoms with van der Waals surface area (Å²) in [6.07, 6.45) is 16.4. The second-order valence-corrected chi connectivity index (χ2v) is 15.8. The molecule has 0 spiro atoms. The van der Waals surface area contributed by atoms with Crippen molar-refractivity contribution in [2.75, 3.05) is 26.2 Å². The molecule has 0 unspecified atom stereocenters. The molecule has 290 valence electrons. The fourth-order valence-electron chi connectivity index (χ4n) is 8.90. The van der Waals surface area contributed by atoms with Crippen LogP contribution in [-0.4, -0.2) is 57.8 Å². The van der Waals surface area contributed by atoms with E-state index in [2.05, 4.69) is 23.3 Å². The third kappa shape index (κ3) is 11.3. The summed E-state index contributed by atoms with van der Waals surface area (Å²) < 4.78 is 12.3. The first-order valence-electron chi connectivity index (χ1n) is 20.4. The molecule has 0 aliphatic heterocycles. The van der Waals surface area contributed by atoms with Gasteiger partial charge in [-0.3, -0.25) is 0 Å². The number of phenols is 1. The van der Waals surface area contributed by atoms with Crippen LogP contribution in [0, 0.1) is 17.8 Å². The van der Waals surface area contributed by atoms with Gasteiger partial charge in [-0.05, 0) is 105 Å². The van der Waals surface area contributed by atoms with E-state index in [1.165, 1.54) is 62.6 Å². The molecular formula is C43H67N3O6. The second kappa shape index (κ2) is 20.6. The highest BCUT2D eigenvalue weighted by Gasteiger charge is 2.38. The van der Waals surface area contributed by atoms with E-state index in [0.29, 0.717) is 42.9 Å². The average Bonchev–Trinajstić information content (AvgIpc) is 3.87. The molecule has 5 rings (SSSR count). The molecule has 9 heteroatoms. The van der Waals surface area contributed by atoms with Crippen LogP contribution >= 0.6 is 0 Å². The lowest BCUT2D eigenvalue weighted by atomic mass is 9.80. The summed E-state index contributed by atoms with van der Waals surface area (Å²) in [5.74, 6) is 4.51. The summed E-state index contributed by atoms with van der Waals surface area (Å²) in [5, 5.41) is 45.2. The number of fused-ring (bicyclic) bond motifs is 2. The molecule has 6 atom stereocenters. The normalized spacial score (nSPS) is 20.3. The number of aryl methyl sites for hydroxylation is 4. The third-order valence-electron chi connectivity index (χ3n) is 11.8. The van der Waals surface area contributed by atoms with Crippen molar-refractivity contribution in [3.8, 4) is 11.5 Å². The SMILES string of the molecule is CCCCC[C@H](CCN)CCCCc1oc(CCc2ccc(O)c(OC[C@H](O)c3cc4c([nH]3)CC[C@H]3CCC[C@@H]3[C@@H]4CNC[C@H](C)O)c2)cc1CO. The van der Waals surface area contributed by atoms with Gasteiger partial charge in [-0.25, -0.2) is 0 Å². The lowest BCUT2D eigenvalue weighted by Gasteiger charge is -2.27. The highest BCUT2D eigenvalue weighted by molar-refractivity contribution is 5.42. The van der Waals surface area contributed by atoms with E-state index in [0.717, 1.165) is 85.9 Å². The Hall–Kier alpha value is -2.82. The maximum Gasteiger partial charge on any atom is 0.161 e. The molecule has 0 saturated heterocycles. The van der Waals surface area contributed by atoms with Gasteiger partial charge in [0.2, 0.25) is 0 Å². The minimum atomic E-state index is -0.869. The summed E-state index contributed by atoms with van der Waals surface area (Å²) in [4.78, 5) is 3.54. The summed E-state index contributed by atoms with van der Waals surface area (Å²) in [6.45, 7) is 6.18. The molecule has 2 heterocycles. The Balaban J connectivity index is 1.13. The number of phenolic OH excluding ortho intramolecular Hbond substituents is 1. The number of hydrogen-bond donors (Lipinski definition) is 7. The topological polar surface area (TPSA) is 157 Å². The van der Waals surface area contributed by atoms with E-state index >= 15 is 0 Å². The first-order chi connectivity index (χ1) is 25.3. The van der Waals surface area contributed by atoms with Crippen molar-refractivity contribution in [3.05, 3.63) is 69.9 Å². The second-order valence-electron chi connectivity index (χ2n) is 15.8. The number of nitrogens with two attached hydrogens (primary N) is 1. The van der Waals surface area contributed by atoms with Gasteiger partial charge >= 0.3 is 0 Å². The zero-order chi connectivity index (χ0) is 36.9. The average molecular weight is 722 g/mol. The summed E-state index contributed by atoms with van der Waals surface area (Å²) >= 11 is 0. The highest BCUT2D eigenvalue weighted by Crippen LogP contribution is 2.47. The Morgan fingerprint density at radius 1 is 1.00 bits per heavy atom. The zero-order valence-corrected chi connectivity index (χ0v) is 31.9. The van der Waals surface area contributed by atoms with Crippen molar-refractivity contribution in [2.45, 2.75) is 141 Å². The van der Waals surface area contributed by atoms with Gasteiger partial charge in [-0.2, -0.15) is 0 Å². The molecule has 1 aromatic carbocycles. The fourth-order valence-corrected chi connectivity index (χ4v) is 8.90. The lowest BCUT2D eigenvalue weighted by molar-refractivity contribution is 0.103. The number of benzene rings is 1. The minimum absolute atomic E-state index is 0.0144. The van der Waals surface area contributed by atoms with E-state index < -0.39 is 6.10 Å². The number of aromatic amines is 1. The Labute approximate surface area is 311 Å². The van der Waals surface area contributed by atoms with E-state index in [4.69, 9.17) is 14.9 Å². The lowest BCUT2D eigenvalue weighted by Crippen LogP contribution is -2.32. The Bertz CT molecular complexity index is 1480. The monoisotopic (exact) mass is 722 g/mol. The van der Waals surface area contributed by atoms with E-state index in [-0.39, 0.29) is 25.1 Å². The predicted molar refractivity (Wildman–Crippen MR) is 207 cm³/mol. The Kier molecular flexibility index (Phi) is 16.0. The van der Waals surface area contributed by atoms with Gasteiger partial charge in [-0.15, -0.1) is 0 Å². The standard InChI is InChI=1S/C43H67N3O6/c1-3-4-5-9-30(20-21-44)10-6-7-13-42-33(27-47)23-34(52-42)17-14-31-15-19-40(49)43(22-31)51-28-41(50)39-24-36-37(26-45-25-29(2)48)35-12-8-11-32(35)16-18-38(36)46-39/h15,19,22-24,29-30,32,35,37,41,45-50H,3-14,16-18,20-21,25-28,44H2,1-2H3/t29-,30-,32+,35-,37-,41-/m0/s1. The van der Waals surface area contributed by atoms with Crippen LogP contribution in [0.2, 0.25) is 0 Å². The summed E-state index contributed by atoms with van der Waals surface area (Å²) in [6, 6.07) is 9.47. The molecular weight excluding hydrogens is 654 g/mol. The first kappa shape index (κ1) is 40.4. The van der Waals surface area contributed by atoms with Crippen LogP contribution in [0.1, 0.15) is 143 Å². The van der Waals surface area contributed by atoms with E-state index in [1.807, 2.05) is 25.1 Å². The number of furan rings is 1. The number of H-pyrrole nitrogens is 1. The molecule has 0 radical (unpaired) electrons. The predicted octanol–water partition coefficient (Wildman–Crippen LogP) is 7.38. The van der Waals surface area contributed by atoms with Gasteiger partial charge in [0.1, 0.15) is 24.2 Å². The summed E-state index contributed by atoms with van der Waals surface area (Å²) in [7, 11) is 0. The van der Waals surface area contributed by atoms with Gasteiger partial charge in [0.05, 0.1) is 12.7 Å². The van der Waals surface area contributed by atoms with E-state index in [9.17, 15) is 20.4 Å². The van der Waals surface area contributed by atoms with Gasteiger partial charge in [0, 0.05) is 48.8 Å². The molecule has 1 saturated carbocycles. The minimum Gasteiger partial charge on any atom is -0.504 e. The number of nitrogens with one attached hydrogen (secondary N) is 2. The number of rotatable bonds is 23. The number of aliphatic hydroxyl groups excluding tert-OH is 3. The number of hydrogen-bond acceptors (Lipinski definition) is 8. The van der Waals surface area contributed by atoms with Crippen LogP contribution in [0.25, 0.3) is 0 Å². The van der Waals surface area contributed by atoms with Crippen molar-refractivity contribution in [3.63, 3.8) is 0 Å². The van der Waals surface area contributed by atoms with Crippen LogP contribution in [-0.2, 0) is 32.3 Å². The fraction of sp³-hybridized carbons (Fsp3) is 0.674. The Morgan fingerprint density at radius 2 is 1.83 bits per heavy atom.